The lowest BCUT2D eigenvalue weighted by molar-refractivity contribution is 0.0557. The summed E-state index contributed by atoms with van der Waals surface area (Å²) in [5.41, 5.74) is 0. The van der Waals surface area contributed by atoms with Crippen LogP contribution >= 0.6 is 0 Å². The highest BCUT2D eigenvalue weighted by atomic mass is 15.3. The Morgan fingerprint density at radius 3 is 2.47 bits per heavy atom. The van der Waals surface area contributed by atoms with Crippen LogP contribution in [0.15, 0.2) is 0 Å². The average Bonchev–Trinajstić information content (AvgIpc) is 2.80. The van der Waals surface area contributed by atoms with Crippen molar-refractivity contribution >= 4 is 0 Å². The third-order valence-corrected chi connectivity index (χ3v) is 5.78. The zero-order chi connectivity index (χ0) is 13.8. The summed E-state index contributed by atoms with van der Waals surface area (Å²) >= 11 is 0. The fourth-order valence-corrected chi connectivity index (χ4v) is 4.48. The Morgan fingerprint density at radius 1 is 1.11 bits per heavy atom. The Hall–Kier alpha value is -0.0800. The summed E-state index contributed by atoms with van der Waals surface area (Å²) in [6, 6.07) is 2.37. The van der Waals surface area contributed by atoms with E-state index in [1.54, 1.807) is 0 Å². The maximum absolute atomic E-state index is 3.77. The SMILES string of the molecule is CCCC1CN(C2CCC(CC)C2C)C(CC)CN1. The van der Waals surface area contributed by atoms with Gasteiger partial charge in [0.25, 0.3) is 0 Å². The second kappa shape index (κ2) is 7.08. The van der Waals surface area contributed by atoms with Crippen LogP contribution in [0.5, 0.6) is 0 Å². The first kappa shape index (κ1) is 15.3. The fourth-order valence-electron chi connectivity index (χ4n) is 4.48. The normalized spacial score (nSPS) is 40.7. The van der Waals surface area contributed by atoms with Gasteiger partial charge in [-0.2, -0.15) is 0 Å². The summed E-state index contributed by atoms with van der Waals surface area (Å²) in [7, 11) is 0. The van der Waals surface area contributed by atoms with E-state index in [4.69, 9.17) is 0 Å². The van der Waals surface area contributed by atoms with E-state index in [-0.39, 0.29) is 0 Å². The van der Waals surface area contributed by atoms with E-state index in [2.05, 4.69) is 37.9 Å². The molecular weight excluding hydrogens is 232 g/mol. The van der Waals surface area contributed by atoms with Gasteiger partial charge in [-0.05, 0) is 37.5 Å². The van der Waals surface area contributed by atoms with Crippen molar-refractivity contribution < 1.29 is 0 Å². The van der Waals surface area contributed by atoms with Gasteiger partial charge < -0.3 is 5.32 Å². The number of nitrogens with zero attached hydrogens (tertiary/aromatic N) is 1. The second-order valence-electron chi connectivity index (χ2n) is 6.82. The maximum atomic E-state index is 3.77. The molecule has 0 aromatic heterocycles. The average molecular weight is 266 g/mol. The highest BCUT2D eigenvalue weighted by Gasteiger charge is 2.39. The lowest BCUT2D eigenvalue weighted by Gasteiger charge is -2.45. The monoisotopic (exact) mass is 266 g/mol. The molecule has 1 saturated carbocycles. The molecule has 0 aromatic carbocycles. The van der Waals surface area contributed by atoms with Gasteiger partial charge in [0.2, 0.25) is 0 Å². The van der Waals surface area contributed by atoms with Crippen LogP contribution in [-0.2, 0) is 0 Å². The minimum absolute atomic E-state index is 0.737. The zero-order valence-corrected chi connectivity index (χ0v) is 13.5. The summed E-state index contributed by atoms with van der Waals surface area (Å²) in [5, 5.41) is 3.77. The molecule has 1 N–H and O–H groups in total. The molecule has 1 saturated heterocycles. The van der Waals surface area contributed by atoms with Crippen LogP contribution in [0.2, 0.25) is 0 Å². The third-order valence-electron chi connectivity index (χ3n) is 5.78. The van der Waals surface area contributed by atoms with Crippen LogP contribution in [-0.4, -0.2) is 36.1 Å². The molecule has 0 bridgehead atoms. The van der Waals surface area contributed by atoms with Gasteiger partial charge in [-0.3, -0.25) is 4.90 Å². The van der Waals surface area contributed by atoms with Gasteiger partial charge in [0.1, 0.15) is 0 Å². The second-order valence-corrected chi connectivity index (χ2v) is 6.82. The van der Waals surface area contributed by atoms with Crippen molar-refractivity contribution in [2.75, 3.05) is 13.1 Å². The highest BCUT2D eigenvalue weighted by molar-refractivity contribution is 4.95. The first-order chi connectivity index (χ1) is 9.21. The highest BCUT2D eigenvalue weighted by Crippen LogP contribution is 2.38. The predicted molar refractivity (Wildman–Crippen MR) is 83.5 cm³/mol. The molecule has 2 heteroatoms. The summed E-state index contributed by atoms with van der Waals surface area (Å²) in [5.74, 6) is 1.88. The molecule has 5 unspecified atom stereocenters. The standard InChI is InChI=1S/C17H34N2/c1-5-8-15-12-19(16(7-3)11-18-15)17-10-9-14(6-2)13(17)4/h13-18H,5-12H2,1-4H3. The van der Waals surface area contributed by atoms with Crippen LogP contribution in [0.1, 0.15) is 66.2 Å². The van der Waals surface area contributed by atoms with Gasteiger partial charge in [0.15, 0.2) is 0 Å². The minimum atomic E-state index is 0.737. The molecule has 2 fully saturated rings. The molecule has 2 nitrogen and oxygen atoms in total. The van der Waals surface area contributed by atoms with Crippen molar-refractivity contribution in [1.29, 1.82) is 0 Å². The third kappa shape index (κ3) is 3.33. The number of rotatable bonds is 5. The maximum Gasteiger partial charge on any atom is 0.0221 e. The van der Waals surface area contributed by atoms with Gasteiger partial charge in [-0.15, -0.1) is 0 Å². The van der Waals surface area contributed by atoms with E-state index in [1.165, 1.54) is 51.6 Å². The van der Waals surface area contributed by atoms with Crippen LogP contribution < -0.4 is 5.32 Å². The van der Waals surface area contributed by atoms with Gasteiger partial charge in [0, 0.05) is 31.2 Å². The van der Waals surface area contributed by atoms with E-state index in [9.17, 15) is 0 Å². The van der Waals surface area contributed by atoms with E-state index in [1.807, 2.05) is 0 Å². The number of hydrogen-bond donors (Lipinski definition) is 1. The lowest BCUT2D eigenvalue weighted by atomic mass is 9.91. The molecule has 2 rings (SSSR count). The lowest BCUT2D eigenvalue weighted by Crippen LogP contribution is -2.59. The van der Waals surface area contributed by atoms with Crippen LogP contribution in [0, 0.1) is 11.8 Å². The Morgan fingerprint density at radius 2 is 1.89 bits per heavy atom. The molecule has 0 radical (unpaired) electrons. The number of hydrogen-bond acceptors (Lipinski definition) is 2. The quantitative estimate of drug-likeness (QED) is 0.817. The van der Waals surface area contributed by atoms with E-state index < -0.39 is 0 Å². The van der Waals surface area contributed by atoms with Crippen molar-refractivity contribution in [3.05, 3.63) is 0 Å². The Bertz CT molecular complexity index is 266. The Labute approximate surface area is 120 Å². The Kier molecular flexibility index (Phi) is 5.70. The number of nitrogens with one attached hydrogen (secondary N) is 1. The van der Waals surface area contributed by atoms with Crippen molar-refractivity contribution in [2.45, 2.75) is 84.3 Å². The Balaban J connectivity index is 2.01. The van der Waals surface area contributed by atoms with Crippen molar-refractivity contribution in [2.24, 2.45) is 11.8 Å². The van der Waals surface area contributed by atoms with Gasteiger partial charge in [-0.25, -0.2) is 0 Å². The van der Waals surface area contributed by atoms with Crippen LogP contribution in [0.3, 0.4) is 0 Å². The molecule has 0 spiro atoms. The van der Waals surface area contributed by atoms with E-state index in [0.29, 0.717) is 0 Å². The van der Waals surface area contributed by atoms with Crippen molar-refractivity contribution in [3.8, 4) is 0 Å². The van der Waals surface area contributed by atoms with Gasteiger partial charge in [-0.1, -0.05) is 40.5 Å². The summed E-state index contributed by atoms with van der Waals surface area (Å²) in [6.07, 6.45) is 8.21. The molecule has 1 aliphatic heterocycles. The zero-order valence-electron chi connectivity index (χ0n) is 13.5. The first-order valence-electron chi connectivity index (χ1n) is 8.70. The van der Waals surface area contributed by atoms with E-state index in [0.717, 1.165) is 30.0 Å². The molecule has 112 valence electrons. The van der Waals surface area contributed by atoms with Crippen molar-refractivity contribution in [3.63, 3.8) is 0 Å². The predicted octanol–water partition coefficient (Wildman–Crippen LogP) is 3.66. The summed E-state index contributed by atoms with van der Waals surface area (Å²) in [6.45, 7) is 12.0. The molecule has 0 amide bonds. The topological polar surface area (TPSA) is 15.3 Å². The molecular formula is C17H34N2. The largest absolute Gasteiger partial charge is 0.311 e. The molecule has 19 heavy (non-hydrogen) atoms. The van der Waals surface area contributed by atoms with Crippen molar-refractivity contribution in [1.82, 2.24) is 10.2 Å². The van der Waals surface area contributed by atoms with Crippen LogP contribution in [0.25, 0.3) is 0 Å². The summed E-state index contributed by atoms with van der Waals surface area (Å²) < 4.78 is 0. The molecule has 0 aromatic rings. The number of piperazine rings is 1. The molecule has 5 atom stereocenters. The minimum Gasteiger partial charge on any atom is -0.311 e. The smallest absolute Gasteiger partial charge is 0.0221 e. The van der Waals surface area contributed by atoms with Gasteiger partial charge in [0.05, 0.1) is 0 Å². The van der Waals surface area contributed by atoms with Crippen LogP contribution in [0.4, 0.5) is 0 Å². The fraction of sp³-hybridized carbons (Fsp3) is 1.00. The van der Waals surface area contributed by atoms with Gasteiger partial charge >= 0.3 is 0 Å². The molecule has 1 aliphatic carbocycles. The first-order valence-corrected chi connectivity index (χ1v) is 8.70. The van der Waals surface area contributed by atoms with E-state index >= 15 is 0 Å². The molecule has 2 aliphatic rings. The molecule has 1 heterocycles. The summed E-state index contributed by atoms with van der Waals surface area (Å²) in [4.78, 5) is 2.89.